The van der Waals surface area contributed by atoms with Crippen molar-refractivity contribution in [2.75, 3.05) is 14.2 Å². The van der Waals surface area contributed by atoms with E-state index in [1.54, 1.807) is 19.2 Å². The highest BCUT2D eigenvalue weighted by atomic mass is 16.6. The maximum Gasteiger partial charge on any atom is 0.269 e. The van der Waals surface area contributed by atoms with Gasteiger partial charge < -0.3 is 10.1 Å². The number of ether oxygens (including phenoxy) is 1. The molecule has 0 saturated carbocycles. The largest absolute Gasteiger partial charge is 0.496 e. The smallest absolute Gasteiger partial charge is 0.269 e. The van der Waals surface area contributed by atoms with Crippen LogP contribution in [0.1, 0.15) is 19.4 Å². The van der Waals surface area contributed by atoms with Crippen LogP contribution in [0.2, 0.25) is 0 Å². The van der Waals surface area contributed by atoms with E-state index in [9.17, 15) is 10.1 Å². The van der Waals surface area contributed by atoms with Crippen LogP contribution in [0.4, 0.5) is 5.69 Å². The molecule has 1 rings (SSSR count). The van der Waals surface area contributed by atoms with E-state index in [4.69, 9.17) is 4.74 Å². The predicted octanol–water partition coefficient (Wildman–Crippen LogP) is 2.39. The summed E-state index contributed by atoms with van der Waals surface area (Å²) in [7, 11) is 3.49. The normalized spacial score (nSPS) is 14.0. The van der Waals surface area contributed by atoms with Crippen LogP contribution in [-0.4, -0.2) is 25.1 Å². The van der Waals surface area contributed by atoms with Crippen molar-refractivity contribution < 1.29 is 9.66 Å². The first kappa shape index (κ1) is 14.4. The van der Waals surface area contributed by atoms with Crippen molar-refractivity contribution in [2.45, 2.75) is 26.3 Å². The first-order valence-electron chi connectivity index (χ1n) is 5.98. The highest BCUT2D eigenvalue weighted by Gasteiger charge is 2.16. The molecule has 5 heteroatoms. The standard InChI is InChI=1S/C13H20N2O3/c1-9(10(2)14-3)7-11-8-12(15(16)17)5-6-13(11)18-4/h5-6,8-10,14H,7H2,1-4H3. The maximum atomic E-state index is 10.8. The van der Waals surface area contributed by atoms with E-state index < -0.39 is 0 Å². The molecule has 0 heterocycles. The van der Waals surface area contributed by atoms with Crippen LogP contribution in [0.5, 0.6) is 5.75 Å². The van der Waals surface area contributed by atoms with Gasteiger partial charge in [-0.2, -0.15) is 0 Å². The van der Waals surface area contributed by atoms with E-state index >= 15 is 0 Å². The lowest BCUT2D eigenvalue weighted by atomic mass is 9.94. The van der Waals surface area contributed by atoms with Crippen LogP contribution in [0, 0.1) is 16.0 Å². The first-order chi connectivity index (χ1) is 8.49. The van der Waals surface area contributed by atoms with Gasteiger partial charge in [-0.1, -0.05) is 6.92 Å². The lowest BCUT2D eigenvalue weighted by Crippen LogP contribution is -2.29. The van der Waals surface area contributed by atoms with Crippen molar-refractivity contribution in [1.82, 2.24) is 5.32 Å². The fourth-order valence-corrected chi connectivity index (χ4v) is 1.85. The molecule has 0 saturated heterocycles. The molecule has 0 amide bonds. The number of nitro benzene ring substituents is 1. The zero-order valence-corrected chi connectivity index (χ0v) is 11.3. The van der Waals surface area contributed by atoms with E-state index in [2.05, 4.69) is 19.2 Å². The monoisotopic (exact) mass is 252 g/mol. The Bertz CT molecular complexity index is 421. The van der Waals surface area contributed by atoms with Gasteiger partial charge in [-0.05, 0) is 32.4 Å². The molecule has 0 aromatic heterocycles. The van der Waals surface area contributed by atoms with Gasteiger partial charge in [0.15, 0.2) is 0 Å². The summed E-state index contributed by atoms with van der Waals surface area (Å²) < 4.78 is 5.25. The molecule has 0 aliphatic rings. The van der Waals surface area contributed by atoms with Crippen LogP contribution in [-0.2, 0) is 6.42 Å². The van der Waals surface area contributed by atoms with Crippen LogP contribution >= 0.6 is 0 Å². The summed E-state index contributed by atoms with van der Waals surface area (Å²) in [5, 5.41) is 14.0. The van der Waals surface area contributed by atoms with E-state index in [1.807, 2.05) is 7.05 Å². The van der Waals surface area contributed by atoms with Gasteiger partial charge in [0.1, 0.15) is 5.75 Å². The van der Waals surface area contributed by atoms with Crippen molar-refractivity contribution >= 4 is 5.69 Å². The third-order valence-electron chi connectivity index (χ3n) is 3.33. The SMILES string of the molecule is CNC(C)C(C)Cc1cc([N+](=O)[O-])ccc1OC. The molecule has 2 atom stereocenters. The second-order valence-electron chi connectivity index (χ2n) is 4.51. The molecule has 0 fully saturated rings. The van der Waals surface area contributed by atoms with Gasteiger partial charge in [0.25, 0.3) is 5.69 Å². The number of rotatable bonds is 6. The number of benzene rings is 1. The Morgan fingerprint density at radius 3 is 2.61 bits per heavy atom. The molecule has 0 radical (unpaired) electrons. The van der Waals surface area contributed by atoms with Crippen LogP contribution in [0.15, 0.2) is 18.2 Å². The molecule has 5 nitrogen and oxygen atoms in total. The van der Waals surface area contributed by atoms with Crippen molar-refractivity contribution in [3.63, 3.8) is 0 Å². The molecule has 1 aromatic rings. The van der Waals surface area contributed by atoms with Gasteiger partial charge in [-0.15, -0.1) is 0 Å². The summed E-state index contributed by atoms with van der Waals surface area (Å²) in [5.41, 5.74) is 0.983. The zero-order valence-electron chi connectivity index (χ0n) is 11.3. The quantitative estimate of drug-likeness (QED) is 0.623. The molecule has 0 spiro atoms. The first-order valence-corrected chi connectivity index (χ1v) is 5.98. The molecule has 1 aromatic carbocycles. The molecule has 1 N–H and O–H groups in total. The predicted molar refractivity (Wildman–Crippen MR) is 71.0 cm³/mol. The molecule has 0 bridgehead atoms. The second kappa shape index (κ2) is 6.35. The van der Waals surface area contributed by atoms with Crippen molar-refractivity contribution in [1.29, 1.82) is 0 Å². The van der Waals surface area contributed by atoms with E-state index in [1.165, 1.54) is 6.07 Å². The Labute approximate surface area is 107 Å². The Morgan fingerprint density at radius 2 is 2.11 bits per heavy atom. The van der Waals surface area contributed by atoms with Gasteiger partial charge in [0, 0.05) is 23.7 Å². The zero-order chi connectivity index (χ0) is 13.7. The minimum Gasteiger partial charge on any atom is -0.496 e. The number of nitro groups is 1. The Balaban J connectivity index is 2.97. The highest BCUT2D eigenvalue weighted by Crippen LogP contribution is 2.27. The van der Waals surface area contributed by atoms with Crippen molar-refractivity contribution in [3.8, 4) is 5.75 Å². The van der Waals surface area contributed by atoms with E-state index in [0.717, 1.165) is 12.0 Å². The number of methoxy groups -OCH3 is 1. The molecular weight excluding hydrogens is 232 g/mol. The lowest BCUT2D eigenvalue weighted by Gasteiger charge is -2.20. The number of nitrogens with zero attached hydrogens (tertiary/aromatic N) is 1. The Kier molecular flexibility index (Phi) is 5.09. The Morgan fingerprint density at radius 1 is 1.44 bits per heavy atom. The van der Waals surface area contributed by atoms with Gasteiger partial charge in [0.05, 0.1) is 12.0 Å². The molecule has 0 aliphatic carbocycles. The Hall–Kier alpha value is -1.62. The van der Waals surface area contributed by atoms with Crippen LogP contribution < -0.4 is 10.1 Å². The summed E-state index contributed by atoms with van der Waals surface area (Å²) in [4.78, 5) is 10.4. The van der Waals surface area contributed by atoms with Gasteiger partial charge in [-0.3, -0.25) is 10.1 Å². The molecular formula is C13H20N2O3. The van der Waals surface area contributed by atoms with Gasteiger partial charge in [-0.25, -0.2) is 0 Å². The fourth-order valence-electron chi connectivity index (χ4n) is 1.85. The minimum atomic E-state index is -0.380. The number of non-ortho nitro benzene ring substituents is 1. The molecule has 0 aliphatic heterocycles. The number of hydrogen-bond acceptors (Lipinski definition) is 4. The van der Waals surface area contributed by atoms with Gasteiger partial charge in [0.2, 0.25) is 0 Å². The summed E-state index contributed by atoms with van der Waals surface area (Å²) in [5.74, 6) is 1.07. The minimum absolute atomic E-state index is 0.107. The fraction of sp³-hybridized carbons (Fsp3) is 0.538. The van der Waals surface area contributed by atoms with Gasteiger partial charge >= 0.3 is 0 Å². The second-order valence-corrected chi connectivity index (χ2v) is 4.51. The number of hydrogen-bond donors (Lipinski definition) is 1. The van der Waals surface area contributed by atoms with Crippen LogP contribution in [0.3, 0.4) is 0 Å². The number of nitrogens with one attached hydrogen (secondary N) is 1. The third-order valence-corrected chi connectivity index (χ3v) is 3.33. The summed E-state index contributed by atoms with van der Waals surface area (Å²) in [6, 6.07) is 5.06. The molecule has 2 unspecified atom stereocenters. The molecule has 18 heavy (non-hydrogen) atoms. The molecule has 100 valence electrons. The van der Waals surface area contributed by atoms with Crippen molar-refractivity contribution in [2.24, 2.45) is 5.92 Å². The average Bonchev–Trinajstić information content (AvgIpc) is 2.37. The lowest BCUT2D eigenvalue weighted by molar-refractivity contribution is -0.384. The van der Waals surface area contributed by atoms with Crippen molar-refractivity contribution in [3.05, 3.63) is 33.9 Å². The third kappa shape index (κ3) is 3.43. The summed E-state index contributed by atoms with van der Waals surface area (Å²) in [6.45, 7) is 4.20. The highest BCUT2D eigenvalue weighted by molar-refractivity contribution is 5.44. The topological polar surface area (TPSA) is 64.4 Å². The van der Waals surface area contributed by atoms with Crippen LogP contribution in [0.25, 0.3) is 0 Å². The maximum absolute atomic E-state index is 10.8. The van der Waals surface area contributed by atoms with E-state index in [-0.39, 0.29) is 10.6 Å². The summed E-state index contributed by atoms with van der Waals surface area (Å²) in [6.07, 6.45) is 0.743. The average molecular weight is 252 g/mol. The summed E-state index contributed by atoms with van der Waals surface area (Å²) >= 11 is 0. The van der Waals surface area contributed by atoms with E-state index in [0.29, 0.717) is 17.7 Å².